The van der Waals surface area contributed by atoms with E-state index in [-0.39, 0.29) is 11.4 Å². The van der Waals surface area contributed by atoms with Gasteiger partial charge in [0, 0.05) is 0 Å². The van der Waals surface area contributed by atoms with Gasteiger partial charge in [-0.3, -0.25) is 4.79 Å². The third-order valence-electron chi connectivity index (χ3n) is 2.13. The van der Waals surface area contributed by atoms with Gasteiger partial charge in [0.05, 0.1) is 17.5 Å². The highest BCUT2D eigenvalue weighted by atomic mass is 19.3. The molecule has 4 nitrogen and oxygen atoms in total. The summed E-state index contributed by atoms with van der Waals surface area (Å²) in [7, 11) is 0. The van der Waals surface area contributed by atoms with Crippen molar-refractivity contribution in [2.24, 2.45) is 0 Å². The lowest BCUT2D eigenvalue weighted by molar-refractivity contribution is -0.0493. The maximum atomic E-state index is 12.2. The lowest BCUT2D eigenvalue weighted by Gasteiger charge is -2.10. The average molecular weight is 253 g/mol. The van der Waals surface area contributed by atoms with E-state index in [1.54, 1.807) is 6.07 Å². The van der Waals surface area contributed by atoms with Gasteiger partial charge in [0.25, 0.3) is 5.91 Å². The van der Waals surface area contributed by atoms with Crippen LogP contribution in [0.15, 0.2) is 47.3 Å². The monoisotopic (exact) mass is 253 g/mol. The highest BCUT2D eigenvalue weighted by molar-refractivity contribution is 6.04. The third kappa shape index (κ3) is 2.85. The predicted octanol–water partition coefficient (Wildman–Crippen LogP) is 3.13. The van der Waals surface area contributed by atoms with E-state index in [1.807, 2.05) is 0 Å². The number of anilines is 1. The Labute approximate surface area is 101 Å². The first kappa shape index (κ1) is 12.1. The van der Waals surface area contributed by atoms with Gasteiger partial charge in [0.1, 0.15) is 12.0 Å². The van der Waals surface area contributed by atoms with E-state index >= 15 is 0 Å². The van der Waals surface area contributed by atoms with Gasteiger partial charge in [-0.2, -0.15) is 8.78 Å². The molecule has 0 saturated heterocycles. The van der Waals surface area contributed by atoms with Gasteiger partial charge in [0.2, 0.25) is 0 Å². The van der Waals surface area contributed by atoms with Crippen molar-refractivity contribution in [3.63, 3.8) is 0 Å². The Hall–Kier alpha value is -2.37. The second kappa shape index (κ2) is 5.31. The Kier molecular flexibility index (Phi) is 3.57. The van der Waals surface area contributed by atoms with Crippen LogP contribution < -0.4 is 10.1 Å². The normalized spacial score (nSPS) is 10.4. The quantitative estimate of drug-likeness (QED) is 0.910. The van der Waals surface area contributed by atoms with Crippen molar-refractivity contribution in [1.29, 1.82) is 0 Å². The molecule has 1 aromatic carbocycles. The molecule has 0 saturated carbocycles. The van der Waals surface area contributed by atoms with E-state index in [0.717, 1.165) is 0 Å². The Bertz CT molecular complexity index is 526. The van der Waals surface area contributed by atoms with Crippen LogP contribution >= 0.6 is 0 Å². The van der Waals surface area contributed by atoms with Gasteiger partial charge in [-0.25, -0.2) is 0 Å². The minimum Gasteiger partial charge on any atom is -0.472 e. The molecule has 0 aliphatic heterocycles. The van der Waals surface area contributed by atoms with Crippen molar-refractivity contribution in [1.82, 2.24) is 0 Å². The maximum absolute atomic E-state index is 12.2. The van der Waals surface area contributed by atoms with E-state index in [9.17, 15) is 13.6 Å². The Morgan fingerprint density at radius 3 is 2.72 bits per heavy atom. The second-order valence-electron chi connectivity index (χ2n) is 3.34. The molecular formula is C12H9F2NO3. The molecule has 2 rings (SSSR count). The van der Waals surface area contributed by atoms with Crippen LogP contribution in [0.5, 0.6) is 5.75 Å². The summed E-state index contributed by atoms with van der Waals surface area (Å²) < 4.78 is 33.4. The number of hydrogen-bond donors (Lipinski definition) is 1. The summed E-state index contributed by atoms with van der Waals surface area (Å²) in [5.74, 6) is -0.557. The Balaban J connectivity index is 2.16. The van der Waals surface area contributed by atoms with Gasteiger partial charge in [0.15, 0.2) is 0 Å². The molecule has 1 amide bonds. The van der Waals surface area contributed by atoms with Crippen molar-refractivity contribution in [2.45, 2.75) is 6.61 Å². The van der Waals surface area contributed by atoms with Crippen LogP contribution in [0.3, 0.4) is 0 Å². The summed E-state index contributed by atoms with van der Waals surface area (Å²) in [5.41, 5.74) is 0.464. The highest BCUT2D eigenvalue weighted by Crippen LogP contribution is 2.25. The van der Waals surface area contributed by atoms with Gasteiger partial charge < -0.3 is 14.5 Å². The molecule has 0 fully saturated rings. The van der Waals surface area contributed by atoms with Gasteiger partial charge in [-0.05, 0) is 18.2 Å². The maximum Gasteiger partial charge on any atom is 0.387 e. The number of furan rings is 1. The molecule has 0 unspecified atom stereocenters. The molecule has 2 aromatic rings. The van der Waals surface area contributed by atoms with Crippen LogP contribution in [0.25, 0.3) is 0 Å². The first-order chi connectivity index (χ1) is 8.66. The largest absolute Gasteiger partial charge is 0.472 e. The number of amides is 1. The molecule has 0 aliphatic carbocycles. The number of para-hydroxylation sites is 2. The summed E-state index contributed by atoms with van der Waals surface area (Å²) in [6, 6.07) is 7.41. The second-order valence-corrected chi connectivity index (χ2v) is 3.34. The summed E-state index contributed by atoms with van der Waals surface area (Å²) in [6.45, 7) is -2.95. The van der Waals surface area contributed by atoms with Crippen molar-refractivity contribution in [3.05, 3.63) is 48.4 Å². The lowest BCUT2D eigenvalue weighted by Crippen LogP contribution is -2.13. The van der Waals surface area contributed by atoms with E-state index in [2.05, 4.69) is 10.1 Å². The number of carbonyl (C=O) groups is 1. The molecule has 1 heterocycles. The molecule has 1 N–H and O–H groups in total. The number of halogens is 2. The molecule has 94 valence electrons. The topological polar surface area (TPSA) is 51.5 Å². The summed E-state index contributed by atoms with van der Waals surface area (Å²) in [5, 5.41) is 2.46. The zero-order valence-corrected chi connectivity index (χ0v) is 9.10. The van der Waals surface area contributed by atoms with Gasteiger partial charge >= 0.3 is 6.61 Å². The lowest BCUT2D eigenvalue weighted by atomic mass is 10.2. The van der Waals surface area contributed by atoms with Crippen LogP contribution in [0.2, 0.25) is 0 Å². The van der Waals surface area contributed by atoms with E-state index in [1.165, 1.54) is 36.8 Å². The van der Waals surface area contributed by atoms with Gasteiger partial charge in [-0.15, -0.1) is 0 Å². The van der Waals surface area contributed by atoms with Crippen molar-refractivity contribution >= 4 is 11.6 Å². The van der Waals surface area contributed by atoms with Crippen LogP contribution in [-0.2, 0) is 0 Å². The molecule has 0 atom stereocenters. The summed E-state index contributed by atoms with van der Waals surface area (Å²) in [4.78, 5) is 11.7. The minimum absolute atomic E-state index is 0.0932. The molecule has 0 bridgehead atoms. The molecule has 6 heteroatoms. The first-order valence-corrected chi connectivity index (χ1v) is 5.04. The predicted molar refractivity (Wildman–Crippen MR) is 59.7 cm³/mol. The van der Waals surface area contributed by atoms with Crippen molar-refractivity contribution in [3.8, 4) is 5.75 Å². The minimum atomic E-state index is -2.95. The van der Waals surface area contributed by atoms with Crippen molar-refractivity contribution < 1.29 is 22.7 Å². The standard InChI is InChI=1S/C12H9F2NO3/c13-12(14)18-10-4-2-1-3-9(10)15-11(16)8-5-6-17-7-8/h1-7,12H,(H,15,16). The van der Waals surface area contributed by atoms with Crippen LogP contribution in [-0.4, -0.2) is 12.5 Å². The first-order valence-electron chi connectivity index (χ1n) is 5.04. The summed E-state index contributed by atoms with van der Waals surface area (Å²) >= 11 is 0. The van der Waals surface area contributed by atoms with Crippen LogP contribution in [0.1, 0.15) is 10.4 Å². The number of rotatable bonds is 4. The van der Waals surface area contributed by atoms with E-state index in [4.69, 9.17) is 4.42 Å². The highest BCUT2D eigenvalue weighted by Gasteiger charge is 2.13. The zero-order chi connectivity index (χ0) is 13.0. The fourth-order valence-electron chi connectivity index (χ4n) is 1.36. The van der Waals surface area contributed by atoms with E-state index < -0.39 is 12.5 Å². The molecule has 0 aliphatic rings. The van der Waals surface area contributed by atoms with E-state index in [0.29, 0.717) is 5.56 Å². The molecule has 1 aromatic heterocycles. The number of hydrogen-bond acceptors (Lipinski definition) is 3. The Morgan fingerprint density at radius 2 is 2.06 bits per heavy atom. The number of benzene rings is 1. The zero-order valence-electron chi connectivity index (χ0n) is 9.10. The number of carbonyl (C=O) groups excluding carboxylic acids is 1. The van der Waals surface area contributed by atoms with Crippen molar-refractivity contribution in [2.75, 3.05) is 5.32 Å². The van der Waals surface area contributed by atoms with Crippen LogP contribution in [0.4, 0.5) is 14.5 Å². The molecule has 0 radical (unpaired) electrons. The van der Waals surface area contributed by atoms with Crippen LogP contribution in [0, 0.1) is 0 Å². The molecular weight excluding hydrogens is 244 g/mol. The average Bonchev–Trinajstić information content (AvgIpc) is 2.84. The molecule has 0 spiro atoms. The van der Waals surface area contributed by atoms with Gasteiger partial charge in [-0.1, -0.05) is 12.1 Å². The number of ether oxygens (including phenoxy) is 1. The third-order valence-corrected chi connectivity index (χ3v) is 2.13. The smallest absolute Gasteiger partial charge is 0.387 e. The molecule has 18 heavy (non-hydrogen) atoms. The Morgan fingerprint density at radius 1 is 1.28 bits per heavy atom. The SMILES string of the molecule is O=C(Nc1ccccc1OC(F)F)c1ccoc1. The fourth-order valence-corrected chi connectivity index (χ4v) is 1.36. The number of alkyl halides is 2. The fraction of sp³-hybridized carbons (Fsp3) is 0.0833. The number of nitrogens with one attached hydrogen (secondary N) is 1. The summed E-state index contributed by atoms with van der Waals surface area (Å²) in [6.07, 6.45) is 2.60.